The summed E-state index contributed by atoms with van der Waals surface area (Å²) in [6, 6.07) is 4.64. The SMILES string of the molecule is COc1ccc(C(N)=O)cc1NC(=O)C(C)C. The summed E-state index contributed by atoms with van der Waals surface area (Å²) in [4.78, 5) is 22.6. The number of anilines is 1. The Morgan fingerprint density at radius 3 is 2.47 bits per heavy atom. The molecule has 0 aromatic heterocycles. The molecule has 0 bridgehead atoms. The van der Waals surface area contributed by atoms with Crippen LogP contribution in [-0.2, 0) is 4.79 Å². The second-order valence-electron chi connectivity index (χ2n) is 3.92. The lowest BCUT2D eigenvalue weighted by Crippen LogP contribution is -2.19. The van der Waals surface area contributed by atoms with Crippen LogP contribution in [-0.4, -0.2) is 18.9 Å². The molecule has 5 nitrogen and oxygen atoms in total. The summed E-state index contributed by atoms with van der Waals surface area (Å²) in [7, 11) is 1.49. The average molecular weight is 236 g/mol. The second-order valence-corrected chi connectivity index (χ2v) is 3.92. The third kappa shape index (κ3) is 3.21. The Bertz CT molecular complexity index is 441. The molecule has 17 heavy (non-hydrogen) atoms. The number of primary amides is 1. The lowest BCUT2D eigenvalue weighted by Gasteiger charge is -2.12. The minimum atomic E-state index is -0.548. The number of hydrogen-bond acceptors (Lipinski definition) is 3. The van der Waals surface area contributed by atoms with Crippen LogP contribution in [0, 0.1) is 5.92 Å². The van der Waals surface area contributed by atoms with E-state index in [2.05, 4.69) is 5.32 Å². The van der Waals surface area contributed by atoms with Crippen molar-refractivity contribution >= 4 is 17.5 Å². The van der Waals surface area contributed by atoms with Crippen molar-refractivity contribution in [3.63, 3.8) is 0 Å². The van der Waals surface area contributed by atoms with Gasteiger partial charge in [-0.15, -0.1) is 0 Å². The van der Waals surface area contributed by atoms with Crippen molar-refractivity contribution in [3.05, 3.63) is 23.8 Å². The molecular formula is C12H16N2O3. The van der Waals surface area contributed by atoms with Gasteiger partial charge in [0, 0.05) is 11.5 Å². The van der Waals surface area contributed by atoms with Gasteiger partial charge in [0.15, 0.2) is 0 Å². The van der Waals surface area contributed by atoms with Crippen LogP contribution < -0.4 is 15.8 Å². The van der Waals surface area contributed by atoms with E-state index in [9.17, 15) is 9.59 Å². The first-order chi connectivity index (χ1) is 7.95. The third-order valence-electron chi connectivity index (χ3n) is 2.27. The average Bonchev–Trinajstić information content (AvgIpc) is 2.28. The molecule has 0 atom stereocenters. The highest BCUT2D eigenvalue weighted by Crippen LogP contribution is 2.25. The molecule has 1 rings (SSSR count). The van der Waals surface area contributed by atoms with Gasteiger partial charge in [0.25, 0.3) is 0 Å². The fourth-order valence-electron chi connectivity index (χ4n) is 1.24. The first-order valence-electron chi connectivity index (χ1n) is 5.24. The van der Waals surface area contributed by atoms with Crippen LogP contribution in [0.15, 0.2) is 18.2 Å². The first-order valence-corrected chi connectivity index (χ1v) is 5.24. The number of rotatable bonds is 4. The van der Waals surface area contributed by atoms with Crippen molar-refractivity contribution in [1.29, 1.82) is 0 Å². The molecule has 0 aliphatic heterocycles. The fraction of sp³-hybridized carbons (Fsp3) is 0.333. The third-order valence-corrected chi connectivity index (χ3v) is 2.27. The highest BCUT2D eigenvalue weighted by molar-refractivity contribution is 5.98. The van der Waals surface area contributed by atoms with Crippen LogP contribution in [0.4, 0.5) is 5.69 Å². The highest BCUT2D eigenvalue weighted by atomic mass is 16.5. The Labute approximate surface area is 99.9 Å². The zero-order valence-corrected chi connectivity index (χ0v) is 10.1. The van der Waals surface area contributed by atoms with Crippen molar-refractivity contribution in [2.75, 3.05) is 12.4 Å². The predicted molar refractivity (Wildman–Crippen MR) is 65.0 cm³/mol. The van der Waals surface area contributed by atoms with Gasteiger partial charge in [0.2, 0.25) is 11.8 Å². The van der Waals surface area contributed by atoms with E-state index in [-0.39, 0.29) is 11.8 Å². The van der Waals surface area contributed by atoms with Crippen molar-refractivity contribution in [2.24, 2.45) is 11.7 Å². The van der Waals surface area contributed by atoms with Gasteiger partial charge in [-0.2, -0.15) is 0 Å². The summed E-state index contributed by atoms with van der Waals surface area (Å²) in [6.07, 6.45) is 0. The predicted octanol–water partition coefficient (Wildman–Crippen LogP) is 1.39. The summed E-state index contributed by atoms with van der Waals surface area (Å²) < 4.78 is 5.09. The van der Waals surface area contributed by atoms with Crippen LogP contribution in [0.5, 0.6) is 5.75 Å². The lowest BCUT2D eigenvalue weighted by atomic mass is 10.1. The maximum Gasteiger partial charge on any atom is 0.248 e. The smallest absolute Gasteiger partial charge is 0.248 e. The molecule has 0 saturated heterocycles. The molecule has 0 spiro atoms. The van der Waals surface area contributed by atoms with Gasteiger partial charge in [-0.05, 0) is 18.2 Å². The molecule has 0 heterocycles. The van der Waals surface area contributed by atoms with Crippen LogP contribution in [0.2, 0.25) is 0 Å². The molecule has 5 heteroatoms. The van der Waals surface area contributed by atoms with Gasteiger partial charge >= 0.3 is 0 Å². The Hall–Kier alpha value is -2.04. The molecular weight excluding hydrogens is 220 g/mol. The Morgan fingerprint density at radius 1 is 1.35 bits per heavy atom. The van der Waals surface area contributed by atoms with Crippen molar-refractivity contribution < 1.29 is 14.3 Å². The fourth-order valence-corrected chi connectivity index (χ4v) is 1.24. The highest BCUT2D eigenvalue weighted by Gasteiger charge is 2.12. The first kappa shape index (κ1) is 13.0. The van der Waals surface area contributed by atoms with Gasteiger partial charge in [0.1, 0.15) is 5.75 Å². The maximum absolute atomic E-state index is 11.6. The molecule has 0 radical (unpaired) electrons. The molecule has 0 fully saturated rings. The number of amides is 2. The number of ether oxygens (including phenoxy) is 1. The number of benzene rings is 1. The quantitative estimate of drug-likeness (QED) is 0.828. The van der Waals surface area contributed by atoms with E-state index in [1.165, 1.54) is 13.2 Å². The molecule has 3 N–H and O–H groups in total. The van der Waals surface area contributed by atoms with Crippen molar-refractivity contribution in [2.45, 2.75) is 13.8 Å². The van der Waals surface area contributed by atoms with Crippen LogP contribution in [0.25, 0.3) is 0 Å². The lowest BCUT2D eigenvalue weighted by molar-refractivity contribution is -0.118. The summed E-state index contributed by atoms with van der Waals surface area (Å²) in [6.45, 7) is 3.56. The van der Waals surface area contributed by atoms with Gasteiger partial charge in [-0.3, -0.25) is 9.59 Å². The summed E-state index contributed by atoms with van der Waals surface area (Å²) in [5.41, 5.74) is 5.94. The normalized spacial score (nSPS) is 10.1. The van der Waals surface area contributed by atoms with E-state index < -0.39 is 5.91 Å². The van der Waals surface area contributed by atoms with Crippen LogP contribution in [0.1, 0.15) is 24.2 Å². The van der Waals surface area contributed by atoms with Gasteiger partial charge in [0.05, 0.1) is 12.8 Å². The van der Waals surface area contributed by atoms with E-state index in [0.717, 1.165) is 0 Å². The zero-order chi connectivity index (χ0) is 13.0. The Kier molecular flexibility index (Phi) is 4.09. The Morgan fingerprint density at radius 2 is 2.00 bits per heavy atom. The summed E-state index contributed by atoms with van der Waals surface area (Å²) in [5.74, 6) is -0.362. The van der Waals surface area contributed by atoms with E-state index >= 15 is 0 Å². The van der Waals surface area contributed by atoms with Gasteiger partial charge < -0.3 is 15.8 Å². The molecule has 1 aromatic carbocycles. The van der Waals surface area contributed by atoms with E-state index in [4.69, 9.17) is 10.5 Å². The van der Waals surface area contributed by atoms with Gasteiger partial charge in [-0.1, -0.05) is 13.8 Å². The molecule has 0 unspecified atom stereocenters. The summed E-state index contributed by atoms with van der Waals surface area (Å²) in [5, 5.41) is 2.68. The second kappa shape index (κ2) is 5.34. The molecule has 2 amide bonds. The number of methoxy groups -OCH3 is 1. The summed E-state index contributed by atoms with van der Waals surface area (Å²) >= 11 is 0. The minimum absolute atomic E-state index is 0.148. The van der Waals surface area contributed by atoms with Gasteiger partial charge in [-0.25, -0.2) is 0 Å². The monoisotopic (exact) mass is 236 g/mol. The van der Waals surface area contributed by atoms with E-state index in [1.807, 2.05) is 0 Å². The van der Waals surface area contributed by atoms with Crippen molar-refractivity contribution in [3.8, 4) is 5.75 Å². The van der Waals surface area contributed by atoms with Crippen LogP contribution in [0.3, 0.4) is 0 Å². The molecule has 0 aliphatic rings. The Balaban J connectivity index is 3.06. The molecule has 0 saturated carbocycles. The largest absolute Gasteiger partial charge is 0.495 e. The van der Waals surface area contributed by atoms with E-state index in [0.29, 0.717) is 17.0 Å². The molecule has 0 aliphatic carbocycles. The zero-order valence-electron chi connectivity index (χ0n) is 10.1. The molecule has 1 aromatic rings. The van der Waals surface area contributed by atoms with Crippen LogP contribution >= 0.6 is 0 Å². The van der Waals surface area contributed by atoms with Crippen molar-refractivity contribution in [1.82, 2.24) is 0 Å². The maximum atomic E-state index is 11.6. The van der Waals surface area contributed by atoms with E-state index in [1.54, 1.807) is 26.0 Å². The number of nitrogens with two attached hydrogens (primary N) is 1. The number of carbonyl (C=O) groups excluding carboxylic acids is 2. The standard InChI is InChI=1S/C12H16N2O3/c1-7(2)12(16)14-9-6-8(11(13)15)4-5-10(9)17-3/h4-7H,1-3H3,(H2,13,15)(H,14,16). The topological polar surface area (TPSA) is 81.4 Å². The number of hydrogen-bond donors (Lipinski definition) is 2. The number of nitrogens with one attached hydrogen (secondary N) is 1. The number of carbonyl (C=O) groups is 2. The molecule has 92 valence electrons. The minimum Gasteiger partial charge on any atom is -0.495 e.